The number of carbonyl (C=O) groups excluding carboxylic acids is 1. The average Bonchev–Trinajstić information content (AvgIpc) is 2.73. The predicted octanol–water partition coefficient (Wildman–Crippen LogP) is 6.51. The smallest absolute Gasteiger partial charge is 0.254 e. The van der Waals surface area contributed by atoms with Gasteiger partial charge in [-0.3, -0.25) is 4.79 Å². The molecule has 1 amide bonds. The molecule has 1 fully saturated rings. The van der Waals surface area contributed by atoms with Gasteiger partial charge in [0.15, 0.2) is 5.82 Å². The number of aromatic nitrogens is 2. The lowest BCUT2D eigenvalue weighted by atomic mass is 9.82. The maximum atomic E-state index is 13.4. The van der Waals surface area contributed by atoms with Crippen molar-refractivity contribution in [3.8, 4) is 0 Å². The minimum absolute atomic E-state index is 0.0314. The van der Waals surface area contributed by atoms with Gasteiger partial charge in [-0.2, -0.15) is 10.2 Å². The molecule has 1 saturated heterocycles. The molecule has 4 rings (SSSR count). The van der Waals surface area contributed by atoms with Crippen LogP contribution in [0.3, 0.4) is 0 Å². The molecule has 31 heavy (non-hydrogen) atoms. The maximum absolute atomic E-state index is 13.4. The van der Waals surface area contributed by atoms with Gasteiger partial charge in [-0.05, 0) is 64.3 Å². The van der Waals surface area contributed by atoms with Gasteiger partial charge in [-0.25, -0.2) is 0 Å². The molecule has 162 valence electrons. The molecule has 0 N–H and O–H groups in total. The Morgan fingerprint density at radius 3 is 2.74 bits per heavy atom. The molecule has 0 aliphatic carbocycles. The average molecular weight is 458 g/mol. The first-order chi connectivity index (χ1) is 14.8. The summed E-state index contributed by atoms with van der Waals surface area (Å²) < 4.78 is 0. The van der Waals surface area contributed by atoms with Gasteiger partial charge < -0.3 is 4.90 Å². The molecule has 2 aromatic rings. The monoisotopic (exact) mass is 457 g/mol. The van der Waals surface area contributed by atoms with Gasteiger partial charge in [0.25, 0.3) is 5.91 Å². The van der Waals surface area contributed by atoms with Crippen LogP contribution < -0.4 is 0 Å². The summed E-state index contributed by atoms with van der Waals surface area (Å²) in [5.74, 6) is 0.440. The third-order valence-electron chi connectivity index (χ3n) is 5.74. The number of azo groups is 1. The fraction of sp³-hybridized carbons (Fsp3) is 0.435. The van der Waals surface area contributed by atoms with Gasteiger partial charge in [-0.15, -0.1) is 10.2 Å². The number of carbonyl (C=O) groups is 1. The molecule has 0 saturated carbocycles. The Morgan fingerprint density at radius 1 is 1.19 bits per heavy atom. The number of benzene rings is 1. The first kappa shape index (κ1) is 21.9. The van der Waals surface area contributed by atoms with E-state index in [0.29, 0.717) is 27.8 Å². The van der Waals surface area contributed by atoms with E-state index in [0.717, 1.165) is 30.5 Å². The first-order valence-electron chi connectivity index (χ1n) is 10.5. The van der Waals surface area contributed by atoms with E-state index >= 15 is 0 Å². The molecule has 2 bridgehead atoms. The van der Waals surface area contributed by atoms with Gasteiger partial charge in [-0.1, -0.05) is 34.9 Å². The van der Waals surface area contributed by atoms with Crippen LogP contribution in [0.25, 0.3) is 0 Å². The number of allylic oxidation sites excluding steroid dienone is 1. The fourth-order valence-corrected chi connectivity index (χ4v) is 4.77. The van der Waals surface area contributed by atoms with E-state index in [2.05, 4.69) is 20.4 Å². The van der Waals surface area contributed by atoms with Crippen molar-refractivity contribution in [3.63, 3.8) is 0 Å². The lowest BCUT2D eigenvalue weighted by Gasteiger charge is -2.46. The lowest BCUT2D eigenvalue weighted by molar-refractivity contribution is 0.0394. The van der Waals surface area contributed by atoms with Crippen molar-refractivity contribution in [2.45, 2.75) is 64.6 Å². The topological polar surface area (TPSA) is 70.8 Å². The molecule has 1 aromatic heterocycles. The first-order valence-corrected chi connectivity index (χ1v) is 11.3. The maximum Gasteiger partial charge on any atom is 0.254 e. The zero-order chi connectivity index (χ0) is 22.1. The second-order valence-electron chi connectivity index (χ2n) is 8.45. The molecule has 0 radical (unpaired) electrons. The van der Waals surface area contributed by atoms with E-state index in [4.69, 9.17) is 23.2 Å². The quantitative estimate of drug-likeness (QED) is 0.387. The number of piperidine rings is 1. The fourth-order valence-electron chi connectivity index (χ4n) is 4.48. The van der Waals surface area contributed by atoms with E-state index in [9.17, 15) is 4.79 Å². The highest BCUT2D eigenvalue weighted by Gasteiger charge is 2.41. The molecular weight excluding hydrogens is 433 g/mol. The highest BCUT2D eigenvalue weighted by Crippen LogP contribution is 2.42. The van der Waals surface area contributed by atoms with Crippen LogP contribution in [0.4, 0.5) is 5.82 Å². The standard InChI is InChI=1S/C23H25Cl2N5O/c1-13(2)9-14(3)26-28-22-12-17-20(27-29-22)11-16-5-4-6-21(17)30(16)23(31)15-7-8-18(24)19(25)10-15/h7-10,12,14,16,21H,4-6,11H2,1-3H3. The molecule has 6 nitrogen and oxygen atoms in total. The second-order valence-corrected chi connectivity index (χ2v) is 9.27. The van der Waals surface area contributed by atoms with Crippen LogP contribution in [0.2, 0.25) is 10.0 Å². The summed E-state index contributed by atoms with van der Waals surface area (Å²) in [6.07, 6.45) is 5.63. The van der Waals surface area contributed by atoms with Crippen molar-refractivity contribution in [2.75, 3.05) is 0 Å². The molecule has 0 spiro atoms. The van der Waals surface area contributed by atoms with E-state index in [1.165, 1.54) is 5.57 Å². The number of hydrogen-bond donors (Lipinski definition) is 0. The van der Waals surface area contributed by atoms with E-state index in [1.54, 1.807) is 18.2 Å². The van der Waals surface area contributed by atoms with Crippen molar-refractivity contribution in [1.29, 1.82) is 0 Å². The summed E-state index contributed by atoms with van der Waals surface area (Å²) >= 11 is 12.2. The number of nitrogens with zero attached hydrogens (tertiary/aromatic N) is 5. The third kappa shape index (κ3) is 4.65. The summed E-state index contributed by atoms with van der Waals surface area (Å²) in [7, 11) is 0. The predicted molar refractivity (Wildman–Crippen MR) is 122 cm³/mol. The van der Waals surface area contributed by atoms with Crippen molar-refractivity contribution in [2.24, 2.45) is 10.2 Å². The van der Waals surface area contributed by atoms with Crippen LogP contribution in [0.5, 0.6) is 0 Å². The van der Waals surface area contributed by atoms with E-state index in [1.807, 2.05) is 37.8 Å². The Balaban J connectivity index is 1.64. The van der Waals surface area contributed by atoms with E-state index < -0.39 is 0 Å². The zero-order valence-corrected chi connectivity index (χ0v) is 19.4. The Morgan fingerprint density at radius 2 is 2.00 bits per heavy atom. The molecule has 2 aliphatic heterocycles. The number of amides is 1. The summed E-state index contributed by atoms with van der Waals surface area (Å²) in [6.45, 7) is 6.04. The summed E-state index contributed by atoms with van der Waals surface area (Å²) in [4.78, 5) is 15.4. The Kier molecular flexibility index (Phi) is 6.39. The van der Waals surface area contributed by atoms with Crippen molar-refractivity contribution in [3.05, 3.63) is 62.8 Å². The second kappa shape index (κ2) is 9.05. The molecule has 2 aliphatic rings. The Bertz CT molecular complexity index is 1060. The van der Waals surface area contributed by atoms with Gasteiger partial charge in [0.2, 0.25) is 0 Å². The number of hydrogen-bond acceptors (Lipinski definition) is 5. The van der Waals surface area contributed by atoms with Crippen molar-refractivity contribution < 1.29 is 4.79 Å². The summed E-state index contributed by atoms with van der Waals surface area (Å²) in [6, 6.07) is 7.00. The molecule has 3 unspecified atom stereocenters. The molecule has 8 heteroatoms. The van der Waals surface area contributed by atoms with Crippen molar-refractivity contribution >= 4 is 34.9 Å². The minimum atomic E-state index is -0.0518. The van der Waals surface area contributed by atoms with Crippen LogP contribution >= 0.6 is 23.2 Å². The molecule has 3 atom stereocenters. The summed E-state index contributed by atoms with van der Waals surface area (Å²) in [5.41, 5.74) is 3.70. The van der Waals surface area contributed by atoms with Gasteiger partial charge >= 0.3 is 0 Å². The third-order valence-corrected chi connectivity index (χ3v) is 6.48. The SMILES string of the molecule is CC(C)=CC(C)N=Nc1cc2c(nn1)CC1CCCC2N1C(=O)c1ccc(Cl)c(Cl)c1. The Labute approximate surface area is 192 Å². The van der Waals surface area contributed by atoms with Gasteiger partial charge in [0.1, 0.15) is 0 Å². The Hall–Kier alpha value is -2.31. The largest absolute Gasteiger partial charge is 0.328 e. The molecule has 1 aromatic carbocycles. The van der Waals surface area contributed by atoms with Crippen LogP contribution in [0, 0.1) is 0 Å². The number of halogens is 2. The van der Waals surface area contributed by atoms with Crippen LogP contribution in [-0.4, -0.2) is 33.1 Å². The minimum Gasteiger partial charge on any atom is -0.328 e. The number of fused-ring (bicyclic) bond motifs is 4. The van der Waals surface area contributed by atoms with Crippen molar-refractivity contribution in [1.82, 2.24) is 15.1 Å². The zero-order valence-electron chi connectivity index (χ0n) is 17.8. The number of rotatable bonds is 4. The molecule has 3 heterocycles. The van der Waals surface area contributed by atoms with Gasteiger partial charge in [0, 0.05) is 23.6 Å². The van der Waals surface area contributed by atoms with Crippen LogP contribution in [-0.2, 0) is 6.42 Å². The lowest BCUT2D eigenvalue weighted by Crippen LogP contribution is -2.50. The highest BCUT2D eigenvalue weighted by atomic mass is 35.5. The highest BCUT2D eigenvalue weighted by molar-refractivity contribution is 6.42. The van der Waals surface area contributed by atoms with Crippen LogP contribution in [0.1, 0.15) is 67.7 Å². The normalized spacial score (nSPS) is 21.0. The van der Waals surface area contributed by atoms with Crippen LogP contribution in [0.15, 0.2) is 46.1 Å². The van der Waals surface area contributed by atoms with Gasteiger partial charge in [0.05, 0.1) is 27.8 Å². The summed E-state index contributed by atoms with van der Waals surface area (Å²) in [5, 5.41) is 18.1. The molecular formula is C23H25Cl2N5O. The van der Waals surface area contributed by atoms with E-state index in [-0.39, 0.29) is 24.0 Å².